The minimum atomic E-state index is -0.500. The number of nitrogens with zero attached hydrogens (tertiary/aromatic N) is 3. The van der Waals surface area contributed by atoms with Gasteiger partial charge in [-0.2, -0.15) is 0 Å². The molecule has 0 fully saturated rings. The van der Waals surface area contributed by atoms with Crippen LogP contribution in [0.5, 0.6) is 0 Å². The Morgan fingerprint density at radius 3 is 2.32 bits per heavy atom. The summed E-state index contributed by atoms with van der Waals surface area (Å²) in [7, 11) is 3.14. The molecule has 7 nitrogen and oxygen atoms in total. The lowest BCUT2D eigenvalue weighted by atomic mass is 10.0. The number of benzene rings is 1. The van der Waals surface area contributed by atoms with Gasteiger partial charge >= 0.3 is 0 Å². The number of hydrogen-bond acceptors (Lipinski definition) is 5. The molecular weight excluding hydrogens is 320 g/mol. The van der Waals surface area contributed by atoms with Gasteiger partial charge in [-0.3, -0.25) is 19.3 Å². The minimum Gasteiger partial charge on any atom is -0.396 e. The molecule has 3 rings (SSSR count). The molecule has 1 aromatic heterocycles. The van der Waals surface area contributed by atoms with Crippen LogP contribution in [0.1, 0.15) is 42.5 Å². The third-order valence-corrected chi connectivity index (χ3v) is 4.13. The number of aryl methyl sites for hydroxylation is 1. The van der Waals surface area contributed by atoms with Crippen molar-refractivity contribution in [1.29, 1.82) is 0 Å². The van der Waals surface area contributed by atoms with E-state index >= 15 is 0 Å². The average Bonchev–Trinajstić information content (AvgIpc) is 2.84. The maximum Gasteiger partial charge on any atom is 0.274 e. The number of pyridine rings is 1. The molecular formula is C18H18N4O3. The number of aromatic nitrogens is 1. The lowest BCUT2D eigenvalue weighted by molar-refractivity contribution is 0.0642. The van der Waals surface area contributed by atoms with Crippen LogP contribution in [-0.2, 0) is 6.54 Å². The van der Waals surface area contributed by atoms with Gasteiger partial charge in [0, 0.05) is 14.1 Å². The van der Waals surface area contributed by atoms with Crippen molar-refractivity contribution in [2.75, 3.05) is 19.8 Å². The molecule has 2 aromatic rings. The van der Waals surface area contributed by atoms with E-state index in [0.717, 1.165) is 10.5 Å². The number of imide groups is 1. The molecule has 0 aliphatic carbocycles. The summed E-state index contributed by atoms with van der Waals surface area (Å²) in [4.78, 5) is 44.4. The molecule has 0 unspecified atom stereocenters. The highest BCUT2D eigenvalue weighted by atomic mass is 16.2. The van der Waals surface area contributed by atoms with Crippen LogP contribution < -0.4 is 5.73 Å². The van der Waals surface area contributed by atoms with Crippen molar-refractivity contribution in [3.63, 3.8) is 0 Å². The summed E-state index contributed by atoms with van der Waals surface area (Å²) in [6.45, 7) is 1.74. The summed E-state index contributed by atoms with van der Waals surface area (Å²) < 4.78 is 0. The van der Waals surface area contributed by atoms with E-state index in [2.05, 4.69) is 4.98 Å². The van der Waals surface area contributed by atoms with Gasteiger partial charge in [0.1, 0.15) is 0 Å². The van der Waals surface area contributed by atoms with E-state index in [0.29, 0.717) is 5.69 Å². The lowest BCUT2D eigenvalue weighted by Crippen LogP contribution is -2.29. The largest absolute Gasteiger partial charge is 0.396 e. The third-order valence-electron chi connectivity index (χ3n) is 4.13. The first-order valence-corrected chi connectivity index (χ1v) is 7.74. The van der Waals surface area contributed by atoms with E-state index < -0.39 is 17.7 Å². The Morgan fingerprint density at radius 1 is 1.12 bits per heavy atom. The molecule has 25 heavy (non-hydrogen) atoms. The predicted molar refractivity (Wildman–Crippen MR) is 92.0 cm³/mol. The van der Waals surface area contributed by atoms with Crippen molar-refractivity contribution in [1.82, 2.24) is 14.8 Å². The molecule has 0 saturated carbocycles. The van der Waals surface area contributed by atoms with Gasteiger partial charge in [0.25, 0.3) is 17.7 Å². The number of nitrogens with two attached hydrogens (primary N) is 1. The molecule has 0 spiro atoms. The molecule has 0 radical (unpaired) electrons. The third kappa shape index (κ3) is 2.63. The summed E-state index contributed by atoms with van der Waals surface area (Å²) in [6, 6.07) is 9.19. The van der Waals surface area contributed by atoms with Crippen LogP contribution in [0.15, 0.2) is 30.3 Å². The zero-order valence-corrected chi connectivity index (χ0v) is 14.2. The van der Waals surface area contributed by atoms with Crippen LogP contribution in [-0.4, -0.2) is 46.6 Å². The molecule has 0 saturated heterocycles. The van der Waals surface area contributed by atoms with E-state index in [1.165, 1.54) is 4.90 Å². The smallest absolute Gasteiger partial charge is 0.274 e. The van der Waals surface area contributed by atoms with Crippen LogP contribution in [0, 0.1) is 6.92 Å². The van der Waals surface area contributed by atoms with E-state index in [4.69, 9.17) is 5.73 Å². The number of amides is 3. The fraction of sp³-hybridized carbons (Fsp3) is 0.222. The molecule has 3 amide bonds. The molecule has 2 N–H and O–H groups in total. The first-order valence-electron chi connectivity index (χ1n) is 7.74. The fourth-order valence-corrected chi connectivity index (χ4v) is 2.85. The van der Waals surface area contributed by atoms with Crippen LogP contribution in [0.3, 0.4) is 0 Å². The molecule has 1 aliphatic heterocycles. The highest BCUT2D eigenvalue weighted by Gasteiger charge is 2.40. The minimum absolute atomic E-state index is 0.0102. The van der Waals surface area contributed by atoms with E-state index in [1.54, 1.807) is 21.0 Å². The van der Waals surface area contributed by atoms with Crippen molar-refractivity contribution < 1.29 is 14.4 Å². The topological polar surface area (TPSA) is 96.6 Å². The van der Waals surface area contributed by atoms with Crippen LogP contribution in [0.4, 0.5) is 5.69 Å². The highest BCUT2D eigenvalue weighted by Crippen LogP contribution is 2.32. The second-order valence-corrected chi connectivity index (χ2v) is 6.09. The van der Waals surface area contributed by atoms with Gasteiger partial charge in [0.2, 0.25) is 0 Å². The van der Waals surface area contributed by atoms with E-state index in [9.17, 15) is 14.4 Å². The molecule has 128 valence electrons. The maximum absolute atomic E-state index is 12.8. The Morgan fingerprint density at radius 2 is 1.72 bits per heavy atom. The van der Waals surface area contributed by atoms with Gasteiger partial charge in [0.15, 0.2) is 5.69 Å². The van der Waals surface area contributed by atoms with Gasteiger partial charge in [0.05, 0.1) is 29.1 Å². The SMILES string of the molecule is Cc1nc(C(=O)N(C)C)c(N)c2c1C(=O)N(Cc1ccccc1)C2=O. The molecule has 0 bridgehead atoms. The summed E-state index contributed by atoms with van der Waals surface area (Å²) in [5.74, 6) is -1.35. The van der Waals surface area contributed by atoms with Crippen molar-refractivity contribution in [3.05, 3.63) is 58.4 Å². The first kappa shape index (κ1) is 16.6. The zero-order valence-electron chi connectivity index (χ0n) is 14.2. The Labute approximate surface area is 145 Å². The second-order valence-electron chi connectivity index (χ2n) is 6.09. The van der Waals surface area contributed by atoms with Gasteiger partial charge in [-0.15, -0.1) is 0 Å². The number of carbonyl (C=O) groups excluding carboxylic acids is 3. The maximum atomic E-state index is 12.8. The quantitative estimate of drug-likeness (QED) is 0.855. The van der Waals surface area contributed by atoms with Crippen molar-refractivity contribution in [2.24, 2.45) is 0 Å². The van der Waals surface area contributed by atoms with E-state index in [1.807, 2.05) is 30.3 Å². The van der Waals surface area contributed by atoms with Crippen molar-refractivity contribution in [2.45, 2.75) is 13.5 Å². The Balaban J connectivity index is 2.07. The number of fused-ring (bicyclic) bond motifs is 1. The summed E-state index contributed by atoms with van der Waals surface area (Å²) in [6.07, 6.45) is 0. The first-order chi connectivity index (χ1) is 11.8. The summed E-state index contributed by atoms with van der Waals surface area (Å²) in [5.41, 5.74) is 7.37. The Bertz CT molecular complexity index is 891. The van der Waals surface area contributed by atoms with Gasteiger partial charge < -0.3 is 10.6 Å². The number of rotatable bonds is 3. The molecule has 1 aliphatic rings. The van der Waals surface area contributed by atoms with Crippen molar-refractivity contribution >= 4 is 23.4 Å². The lowest BCUT2D eigenvalue weighted by Gasteiger charge is -2.14. The van der Waals surface area contributed by atoms with Crippen LogP contribution in [0.2, 0.25) is 0 Å². The normalized spacial score (nSPS) is 13.2. The Kier molecular flexibility index (Phi) is 4.00. The Hall–Kier alpha value is -3.22. The standard InChI is InChI=1S/C18H18N4O3/c1-10-12-13(14(19)15(20-10)18(25)21(2)3)17(24)22(16(12)23)9-11-7-5-4-6-8-11/h4-8H,9,19H2,1-3H3. The molecule has 7 heteroatoms. The predicted octanol–water partition coefficient (Wildman–Crippen LogP) is 1.47. The molecule has 0 atom stereocenters. The zero-order chi connectivity index (χ0) is 18.3. The van der Waals surface area contributed by atoms with Gasteiger partial charge in [-0.05, 0) is 12.5 Å². The number of carbonyl (C=O) groups is 3. The summed E-state index contributed by atoms with van der Waals surface area (Å²) in [5, 5.41) is 0. The molecule has 1 aromatic carbocycles. The average molecular weight is 338 g/mol. The molecule has 2 heterocycles. The van der Waals surface area contributed by atoms with Crippen LogP contribution in [0.25, 0.3) is 0 Å². The number of hydrogen-bond donors (Lipinski definition) is 1. The van der Waals surface area contributed by atoms with Crippen molar-refractivity contribution in [3.8, 4) is 0 Å². The monoisotopic (exact) mass is 338 g/mol. The van der Waals surface area contributed by atoms with Gasteiger partial charge in [-0.25, -0.2) is 4.98 Å². The van der Waals surface area contributed by atoms with Gasteiger partial charge in [-0.1, -0.05) is 30.3 Å². The summed E-state index contributed by atoms with van der Waals surface area (Å²) >= 11 is 0. The number of nitrogen functional groups attached to an aromatic ring is 1. The fourth-order valence-electron chi connectivity index (χ4n) is 2.85. The highest BCUT2D eigenvalue weighted by molar-refractivity contribution is 6.25. The van der Waals surface area contributed by atoms with E-state index in [-0.39, 0.29) is 29.1 Å². The second kappa shape index (κ2) is 6.01. The van der Waals surface area contributed by atoms with Crippen LogP contribution >= 0.6 is 0 Å². The number of anilines is 1.